The van der Waals surface area contributed by atoms with Crippen LogP contribution >= 0.6 is 0 Å². The number of nitrogens with zero attached hydrogens (tertiary/aromatic N) is 2. The Balaban J connectivity index is 1.26. The smallest absolute Gasteiger partial charge is 0.233 e. The minimum Gasteiger partial charge on any atom is -0.369 e. The Bertz CT molecular complexity index is 1020. The van der Waals surface area contributed by atoms with Gasteiger partial charge >= 0.3 is 0 Å². The summed E-state index contributed by atoms with van der Waals surface area (Å²) in [5.74, 6) is -0.144. The van der Waals surface area contributed by atoms with Gasteiger partial charge in [0.15, 0.2) is 0 Å². The van der Waals surface area contributed by atoms with Crippen LogP contribution in [0.5, 0.6) is 0 Å². The van der Waals surface area contributed by atoms with Crippen molar-refractivity contribution in [1.29, 1.82) is 0 Å². The van der Waals surface area contributed by atoms with E-state index in [1.54, 1.807) is 0 Å². The summed E-state index contributed by atoms with van der Waals surface area (Å²) in [7, 11) is -3.56. The molecular formula is C25H34N4O3S. The van der Waals surface area contributed by atoms with Crippen LogP contribution in [0.25, 0.3) is 6.08 Å². The maximum absolute atomic E-state index is 12.0. The molecule has 0 spiro atoms. The molecule has 1 saturated heterocycles. The van der Waals surface area contributed by atoms with Gasteiger partial charge in [-0.1, -0.05) is 42.5 Å². The number of aryl methyl sites for hydroxylation is 1. The van der Waals surface area contributed by atoms with E-state index in [0.29, 0.717) is 6.54 Å². The molecule has 1 aliphatic heterocycles. The van der Waals surface area contributed by atoms with Gasteiger partial charge in [0.05, 0.1) is 0 Å². The Morgan fingerprint density at radius 1 is 1.00 bits per heavy atom. The molecule has 1 aliphatic rings. The largest absolute Gasteiger partial charge is 0.369 e. The van der Waals surface area contributed by atoms with E-state index < -0.39 is 10.0 Å². The van der Waals surface area contributed by atoms with Crippen LogP contribution in [0.3, 0.4) is 0 Å². The monoisotopic (exact) mass is 470 g/mol. The Kier molecular flexibility index (Phi) is 9.47. The van der Waals surface area contributed by atoms with Crippen molar-refractivity contribution in [3.05, 3.63) is 71.1 Å². The third-order valence-electron chi connectivity index (χ3n) is 5.61. The van der Waals surface area contributed by atoms with Gasteiger partial charge in [-0.05, 0) is 49.2 Å². The average Bonchev–Trinajstić information content (AvgIpc) is 2.82. The van der Waals surface area contributed by atoms with E-state index in [-0.39, 0.29) is 18.9 Å². The number of nitrogens with one attached hydrogen (secondary N) is 2. The van der Waals surface area contributed by atoms with Gasteiger partial charge in [-0.3, -0.25) is 9.69 Å². The van der Waals surface area contributed by atoms with Crippen molar-refractivity contribution in [2.75, 3.05) is 50.7 Å². The van der Waals surface area contributed by atoms with Crippen molar-refractivity contribution in [2.45, 2.75) is 19.8 Å². The van der Waals surface area contributed by atoms with E-state index >= 15 is 0 Å². The number of sulfonamides is 1. The van der Waals surface area contributed by atoms with Gasteiger partial charge in [0.2, 0.25) is 15.9 Å². The Labute approximate surface area is 197 Å². The zero-order chi connectivity index (χ0) is 23.5. The second kappa shape index (κ2) is 12.5. The lowest BCUT2D eigenvalue weighted by Crippen LogP contribution is -2.47. The number of hydrogen-bond donors (Lipinski definition) is 2. The summed E-state index contributed by atoms with van der Waals surface area (Å²) in [6, 6.07) is 17.8. The third kappa shape index (κ3) is 9.00. The number of carbonyl (C=O) groups is 1. The van der Waals surface area contributed by atoms with E-state index in [9.17, 15) is 13.2 Å². The second-order valence-corrected chi connectivity index (χ2v) is 9.92. The SMILES string of the molecule is Cc1cccc(N2CCN(CCCNC(=O)CCNS(=O)(=O)/C=C/c3ccccc3)CC2)c1. The standard InChI is InChI=1S/C25H34N4O3S/c1-22-7-5-10-24(21-22)29-18-16-28(17-19-29)15-6-13-26-25(30)11-14-27-33(31,32)20-12-23-8-3-2-4-9-23/h2-5,7-10,12,20-21,27H,6,11,13-19H2,1H3,(H,26,30)/b20-12+. The van der Waals surface area contributed by atoms with E-state index in [4.69, 9.17) is 0 Å². The molecule has 33 heavy (non-hydrogen) atoms. The highest BCUT2D eigenvalue weighted by Gasteiger charge is 2.17. The maximum Gasteiger partial charge on any atom is 0.233 e. The fourth-order valence-corrected chi connectivity index (χ4v) is 4.58. The molecule has 1 heterocycles. The highest BCUT2D eigenvalue weighted by atomic mass is 32.2. The number of anilines is 1. The van der Waals surface area contributed by atoms with Crippen molar-refractivity contribution in [2.24, 2.45) is 0 Å². The zero-order valence-electron chi connectivity index (χ0n) is 19.2. The molecule has 0 atom stereocenters. The molecule has 0 aliphatic carbocycles. The zero-order valence-corrected chi connectivity index (χ0v) is 20.1. The summed E-state index contributed by atoms with van der Waals surface area (Å²) in [4.78, 5) is 16.8. The minimum absolute atomic E-state index is 0.0776. The quantitative estimate of drug-likeness (QED) is 0.494. The molecule has 0 aromatic heterocycles. The first-order valence-corrected chi connectivity index (χ1v) is 13.0. The summed E-state index contributed by atoms with van der Waals surface area (Å²) >= 11 is 0. The molecule has 7 nitrogen and oxygen atoms in total. The van der Waals surface area contributed by atoms with Gasteiger partial charge in [0.1, 0.15) is 0 Å². The maximum atomic E-state index is 12.0. The number of carbonyl (C=O) groups excluding carboxylic acids is 1. The molecule has 0 bridgehead atoms. The average molecular weight is 471 g/mol. The summed E-state index contributed by atoms with van der Waals surface area (Å²) in [5.41, 5.74) is 3.37. The molecule has 1 fully saturated rings. The molecule has 0 radical (unpaired) electrons. The van der Waals surface area contributed by atoms with Crippen molar-refractivity contribution in [1.82, 2.24) is 14.9 Å². The molecular weight excluding hydrogens is 436 g/mol. The van der Waals surface area contributed by atoms with Crippen LogP contribution in [0.1, 0.15) is 24.0 Å². The van der Waals surface area contributed by atoms with E-state index in [2.05, 4.69) is 51.0 Å². The number of amides is 1. The van der Waals surface area contributed by atoms with Crippen LogP contribution in [0, 0.1) is 6.92 Å². The lowest BCUT2D eigenvalue weighted by atomic mass is 10.2. The summed E-state index contributed by atoms with van der Waals surface area (Å²) in [6.07, 6.45) is 2.53. The van der Waals surface area contributed by atoms with Crippen molar-refractivity contribution >= 4 is 27.7 Å². The first-order valence-electron chi connectivity index (χ1n) is 11.4. The van der Waals surface area contributed by atoms with Crippen LogP contribution in [0.2, 0.25) is 0 Å². The van der Waals surface area contributed by atoms with Crippen LogP contribution in [0.15, 0.2) is 60.0 Å². The fraction of sp³-hybridized carbons (Fsp3) is 0.400. The summed E-state index contributed by atoms with van der Waals surface area (Å²) < 4.78 is 26.5. The van der Waals surface area contributed by atoms with E-state index in [0.717, 1.165) is 50.1 Å². The molecule has 1 amide bonds. The third-order valence-corrected chi connectivity index (χ3v) is 6.71. The molecule has 2 aromatic carbocycles. The first kappa shape index (κ1) is 25.0. The number of benzene rings is 2. The fourth-order valence-electron chi connectivity index (χ4n) is 3.76. The molecule has 2 N–H and O–H groups in total. The van der Waals surface area contributed by atoms with Crippen molar-refractivity contribution in [3.8, 4) is 0 Å². The van der Waals surface area contributed by atoms with Gasteiger partial charge in [0, 0.05) is 56.8 Å². The first-order chi connectivity index (χ1) is 15.9. The lowest BCUT2D eigenvalue weighted by Gasteiger charge is -2.36. The number of piperazine rings is 1. The molecule has 8 heteroatoms. The highest BCUT2D eigenvalue weighted by molar-refractivity contribution is 7.92. The van der Waals surface area contributed by atoms with Crippen molar-refractivity contribution in [3.63, 3.8) is 0 Å². The minimum atomic E-state index is -3.56. The van der Waals surface area contributed by atoms with Gasteiger partial charge in [-0.2, -0.15) is 0 Å². The summed E-state index contributed by atoms with van der Waals surface area (Å²) in [5, 5.41) is 4.00. The van der Waals surface area contributed by atoms with Crippen LogP contribution < -0.4 is 14.9 Å². The molecule has 2 aromatic rings. The normalized spacial score (nSPS) is 15.1. The predicted octanol–water partition coefficient (Wildman–Crippen LogP) is 2.60. The van der Waals surface area contributed by atoms with Gasteiger partial charge in [-0.15, -0.1) is 0 Å². The highest BCUT2D eigenvalue weighted by Crippen LogP contribution is 2.17. The summed E-state index contributed by atoms with van der Waals surface area (Å²) in [6.45, 7) is 7.78. The second-order valence-electron chi connectivity index (χ2n) is 8.27. The van der Waals surface area contributed by atoms with Crippen molar-refractivity contribution < 1.29 is 13.2 Å². The van der Waals surface area contributed by atoms with Crippen LogP contribution in [0.4, 0.5) is 5.69 Å². The van der Waals surface area contributed by atoms with Gasteiger partial charge in [0.25, 0.3) is 0 Å². The Hall–Kier alpha value is -2.68. The molecule has 3 rings (SSSR count). The molecule has 178 valence electrons. The number of rotatable bonds is 11. The lowest BCUT2D eigenvalue weighted by molar-refractivity contribution is -0.120. The molecule has 0 unspecified atom stereocenters. The van der Waals surface area contributed by atoms with Gasteiger partial charge in [-0.25, -0.2) is 13.1 Å². The van der Waals surface area contributed by atoms with E-state index in [1.807, 2.05) is 30.3 Å². The van der Waals surface area contributed by atoms with E-state index in [1.165, 1.54) is 17.3 Å². The van der Waals surface area contributed by atoms with Crippen LogP contribution in [-0.2, 0) is 14.8 Å². The Morgan fingerprint density at radius 2 is 1.76 bits per heavy atom. The van der Waals surface area contributed by atoms with Crippen LogP contribution in [-0.4, -0.2) is 65.0 Å². The predicted molar refractivity (Wildman–Crippen MR) is 134 cm³/mol. The topological polar surface area (TPSA) is 81.8 Å². The number of hydrogen-bond acceptors (Lipinski definition) is 5. The van der Waals surface area contributed by atoms with Gasteiger partial charge < -0.3 is 10.2 Å². The Morgan fingerprint density at radius 3 is 2.48 bits per heavy atom. The molecule has 0 saturated carbocycles.